The number of cyclic esters (lactones) is 1. The molecule has 9 heteroatoms. The maximum Gasteiger partial charge on any atom is 0.407 e. The second kappa shape index (κ2) is 9.58. The molecule has 0 aliphatic carbocycles. The Labute approximate surface area is 185 Å². The lowest BCUT2D eigenvalue weighted by Crippen LogP contribution is -2.65. The number of ether oxygens (including phenoxy) is 1. The largest absolute Gasteiger partial charge is 0.443 e. The molecule has 1 heterocycles. The number of aliphatic hydroxyl groups excluding tert-OH is 2. The molecule has 0 bridgehead atoms. The van der Waals surface area contributed by atoms with Gasteiger partial charge in [0.05, 0.1) is 18.8 Å². The second-order valence-corrected chi connectivity index (χ2v) is 21.2. The van der Waals surface area contributed by atoms with Crippen LogP contribution in [0.25, 0.3) is 0 Å². The lowest BCUT2D eigenvalue weighted by atomic mass is 9.91. The van der Waals surface area contributed by atoms with Crippen molar-refractivity contribution in [3.8, 4) is 0 Å². The Balaban J connectivity index is 3.23. The smallest absolute Gasteiger partial charge is 0.407 e. The number of hydrogen-bond donors (Lipinski definition) is 3. The molecule has 1 aliphatic heterocycles. The van der Waals surface area contributed by atoms with E-state index in [4.69, 9.17) is 13.6 Å². The molecule has 1 saturated heterocycles. The third kappa shape index (κ3) is 6.52. The number of rotatable bonds is 8. The van der Waals surface area contributed by atoms with Gasteiger partial charge in [-0.05, 0) is 36.3 Å². The molecular formula is C21H45NO6Si2. The molecule has 0 spiro atoms. The highest BCUT2D eigenvalue weighted by Crippen LogP contribution is 2.40. The van der Waals surface area contributed by atoms with Gasteiger partial charge < -0.3 is 29.1 Å². The topological polar surface area (TPSA) is 97.3 Å². The van der Waals surface area contributed by atoms with E-state index in [1.54, 1.807) is 6.92 Å². The van der Waals surface area contributed by atoms with Crippen LogP contribution in [0.15, 0.2) is 0 Å². The molecule has 0 aromatic rings. The molecular weight excluding hydrogens is 418 g/mol. The van der Waals surface area contributed by atoms with Crippen LogP contribution in [0.5, 0.6) is 0 Å². The summed E-state index contributed by atoms with van der Waals surface area (Å²) in [4.78, 5) is 12.3. The van der Waals surface area contributed by atoms with Crippen molar-refractivity contribution in [3.63, 3.8) is 0 Å². The summed E-state index contributed by atoms with van der Waals surface area (Å²) < 4.78 is 18.4. The van der Waals surface area contributed by atoms with E-state index in [2.05, 4.69) is 73.0 Å². The minimum Gasteiger partial charge on any atom is -0.443 e. The molecule has 1 amide bonds. The zero-order chi connectivity index (χ0) is 23.7. The van der Waals surface area contributed by atoms with Crippen molar-refractivity contribution in [1.29, 1.82) is 0 Å². The average molecular weight is 464 g/mol. The molecule has 7 nitrogen and oxygen atoms in total. The van der Waals surface area contributed by atoms with Crippen LogP contribution in [-0.4, -0.2) is 70.5 Å². The van der Waals surface area contributed by atoms with Crippen LogP contribution < -0.4 is 5.32 Å². The number of carbonyl (C=O) groups excluding carboxylic acids is 1. The van der Waals surface area contributed by atoms with Gasteiger partial charge in [0.25, 0.3) is 0 Å². The maximum absolute atomic E-state index is 12.3. The van der Waals surface area contributed by atoms with E-state index in [-0.39, 0.29) is 29.2 Å². The number of carbonyl (C=O) groups is 1. The van der Waals surface area contributed by atoms with Crippen molar-refractivity contribution in [3.05, 3.63) is 0 Å². The van der Waals surface area contributed by atoms with Crippen LogP contribution in [0.4, 0.5) is 4.79 Å². The van der Waals surface area contributed by atoms with E-state index < -0.39 is 47.1 Å². The summed E-state index contributed by atoms with van der Waals surface area (Å²) in [6.45, 7) is 23.5. The highest BCUT2D eigenvalue weighted by molar-refractivity contribution is 6.74. The molecule has 1 rings (SSSR count). The van der Waals surface area contributed by atoms with Gasteiger partial charge in [0.15, 0.2) is 16.6 Å². The molecule has 1 aliphatic rings. The number of amides is 1. The van der Waals surface area contributed by atoms with Crippen LogP contribution in [0.1, 0.15) is 48.5 Å². The fourth-order valence-electron chi connectivity index (χ4n) is 2.80. The highest BCUT2D eigenvalue weighted by Gasteiger charge is 2.48. The Morgan fingerprint density at radius 2 is 1.57 bits per heavy atom. The Morgan fingerprint density at radius 3 is 2.00 bits per heavy atom. The van der Waals surface area contributed by atoms with Gasteiger partial charge in [-0.3, -0.25) is 0 Å². The van der Waals surface area contributed by atoms with Gasteiger partial charge in [0.2, 0.25) is 0 Å². The third-order valence-corrected chi connectivity index (χ3v) is 16.2. The van der Waals surface area contributed by atoms with E-state index in [0.29, 0.717) is 0 Å². The summed E-state index contributed by atoms with van der Waals surface area (Å²) in [6.07, 6.45) is -2.93. The monoisotopic (exact) mass is 463 g/mol. The van der Waals surface area contributed by atoms with Gasteiger partial charge >= 0.3 is 6.09 Å². The van der Waals surface area contributed by atoms with Crippen molar-refractivity contribution in [2.24, 2.45) is 5.92 Å². The van der Waals surface area contributed by atoms with Crippen molar-refractivity contribution in [2.75, 3.05) is 13.2 Å². The summed E-state index contributed by atoms with van der Waals surface area (Å²) in [5.41, 5.74) is 0. The summed E-state index contributed by atoms with van der Waals surface area (Å²) in [5, 5.41) is 23.3. The minimum atomic E-state index is -2.22. The lowest BCUT2D eigenvalue weighted by molar-refractivity contribution is -0.0983. The van der Waals surface area contributed by atoms with Gasteiger partial charge in [-0.2, -0.15) is 0 Å². The van der Waals surface area contributed by atoms with E-state index in [9.17, 15) is 15.0 Å². The van der Waals surface area contributed by atoms with E-state index >= 15 is 0 Å². The van der Waals surface area contributed by atoms with Gasteiger partial charge in [0.1, 0.15) is 12.2 Å². The number of alkyl carbamates (subject to hydrolysis) is 1. The zero-order valence-electron chi connectivity index (χ0n) is 20.8. The molecule has 1 fully saturated rings. The predicted molar refractivity (Wildman–Crippen MR) is 125 cm³/mol. The lowest BCUT2D eigenvalue weighted by Gasteiger charge is -2.46. The Morgan fingerprint density at radius 1 is 1.07 bits per heavy atom. The van der Waals surface area contributed by atoms with Crippen molar-refractivity contribution < 1.29 is 28.6 Å². The van der Waals surface area contributed by atoms with Crippen LogP contribution in [0.2, 0.25) is 36.3 Å². The first-order chi connectivity index (χ1) is 13.3. The summed E-state index contributed by atoms with van der Waals surface area (Å²) >= 11 is 0. The first-order valence-corrected chi connectivity index (χ1v) is 16.7. The quantitative estimate of drug-likeness (QED) is 0.473. The predicted octanol–water partition coefficient (Wildman–Crippen LogP) is 3.86. The van der Waals surface area contributed by atoms with Crippen molar-refractivity contribution >= 4 is 22.7 Å². The molecule has 0 radical (unpaired) electrons. The summed E-state index contributed by atoms with van der Waals surface area (Å²) in [5.74, 6) is -0.386. The summed E-state index contributed by atoms with van der Waals surface area (Å²) in [7, 11) is -4.29. The van der Waals surface area contributed by atoms with Crippen molar-refractivity contribution in [2.45, 2.75) is 109 Å². The molecule has 0 aromatic heterocycles. The second-order valence-electron chi connectivity index (χ2n) is 11.7. The molecule has 5 atom stereocenters. The minimum absolute atomic E-state index is 0.0278. The van der Waals surface area contributed by atoms with E-state index in [0.717, 1.165) is 0 Å². The van der Waals surface area contributed by atoms with Gasteiger partial charge in [-0.1, -0.05) is 48.5 Å². The van der Waals surface area contributed by atoms with Crippen LogP contribution in [0.3, 0.4) is 0 Å². The van der Waals surface area contributed by atoms with Crippen molar-refractivity contribution in [1.82, 2.24) is 5.32 Å². The van der Waals surface area contributed by atoms with Crippen LogP contribution in [-0.2, 0) is 13.6 Å². The van der Waals surface area contributed by atoms with E-state index in [1.807, 2.05) is 0 Å². The zero-order valence-corrected chi connectivity index (χ0v) is 22.8. The van der Waals surface area contributed by atoms with Gasteiger partial charge in [-0.15, -0.1) is 0 Å². The Hall–Kier alpha value is -0.456. The van der Waals surface area contributed by atoms with Gasteiger partial charge in [0, 0.05) is 12.5 Å². The number of hydrogen-bond acceptors (Lipinski definition) is 6. The first kappa shape index (κ1) is 27.6. The molecule has 0 saturated carbocycles. The van der Waals surface area contributed by atoms with Gasteiger partial charge in [-0.25, -0.2) is 4.79 Å². The molecule has 0 unspecified atom stereocenters. The third-order valence-electron chi connectivity index (χ3n) is 7.15. The number of aliphatic hydroxyl groups is 2. The molecule has 178 valence electrons. The Kier molecular flexibility index (Phi) is 8.81. The molecule has 30 heavy (non-hydrogen) atoms. The maximum atomic E-state index is 12.3. The SMILES string of the molecule is C[C@@H](CO)[C@@H]1OC(=O)N[C@@H]([C@@H](CO[Si](C)(C)C(C)(C)C)O[Si](C)(C)C(C)(C)C)[C@@H]1O. The first-order valence-electron chi connectivity index (χ1n) is 10.9. The fraction of sp³-hybridized carbons (Fsp3) is 0.952. The van der Waals surface area contributed by atoms with Crippen LogP contribution >= 0.6 is 0 Å². The van der Waals surface area contributed by atoms with E-state index in [1.165, 1.54) is 0 Å². The standard InChI is InChI=1S/C21H45NO6Si2/c1-14(12-23)18-17(24)16(22-19(25)27-18)15(28-30(10,11)21(5,6)7)13-26-29(8,9)20(2,3)4/h14-18,23-24H,12-13H2,1-11H3,(H,22,25)/t14-,15+,16-,17-,18-/m0/s1. The Bertz CT molecular complexity index is 585. The normalized spacial score (nSPS) is 26.0. The average Bonchev–Trinajstić information content (AvgIpc) is 2.57. The van der Waals surface area contributed by atoms with Crippen LogP contribution in [0, 0.1) is 5.92 Å². The fourth-order valence-corrected chi connectivity index (χ4v) is 5.13. The molecule has 3 N–H and O–H groups in total. The highest BCUT2D eigenvalue weighted by atomic mass is 28.4. The number of nitrogens with one attached hydrogen (secondary N) is 1. The summed E-state index contributed by atoms with van der Waals surface area (Å²) in [6, 6.07) is -0.677. The molecule has 0 aromatic carbocycles.